The largest absolute Gasteiger partial charge is 0.460 e. The van der Waals surface area contributed by atoms with Gasteiger partial charge in [0.1, 0.15) is 5.60 Å². The van der Waals surface area contributed by atoms with Gasteiger partial charge in [-0.3, -0.25) is 10.1 Å². The van der Waals surface area contributed by atoms with E-state index in [1.165, 1.54) is 0 Å². The fraction of sp³-hybridized carbons (Fsp3) is 0.444. The monoisotopic (exact) mass is 394 g/mol. The first-order chi connectivity index (χ1) is 13.0. The molecule has 2 amide bonds. The highest BCUT2D eigenvalue weighted by Gasteiger charge is 2.39. The summed E-state index contributed by atoms with van der Waals surface area (Å²) in [5, 5.41) is 16.3. The van der Waals surface area contributed by atoms with Crippen molar-refractivity contribution >= 4 is 23.8 Å². The van der Waals surface area contributed by atoms with Crippen LogP contribution in [-0.4, -0.2) is 46.8 Å². The summed E-state index contributed by atoms with van der Waals surface area (Å²) < 4.78 is 9.73. The summed E-state index contributed by atoms with van der Waals surface area (Å²) in [6.07, 6.45) is -1.29. The van der Waals surface area contributed by atoms with Gasteiger partial charge in [-0.05, 0) is 33.3 Å². The van der Waals surface area contributed by atoms with Crippen molar-refractivity contribution in [3.05, 3.63) is 35.9 Å². The number of nitrogens with two attached hydrogens (primary N) is 1. The molecule has 0 spiro atoms. The number of nitrogens with zero attached hydrogens (tertiary/aromatic N) is 1. The number of hydrogen-bond donors (Lipinski definition) is 4. The van der Waals surface area contributed by atoms with Gasteiger partial charge in [-0.15, -0.1) is 5.10 Å². The average Bonchev–Trinajstić information content (AvgIpc) is 2.58. The molecule has 0 radical (unpaired) electrons. The Labute approximate surface area is 163 Å². The van der Waals surface area contributed by atoms with E-state index in [0.29, 0.717) is 5.56 Å². The molecule has 28 heavy (non-hydrogen) atoms. The lowest BCUT2D eigenvalue weighted by Crippen LogP contribution is -2.60. The molecule has 1 unspecified atom stereocenters. The molecule has 0 aliphatic rings. The summed E-state index contributed by atoms with van der Waals surface area (Å²) in [4.78, 5) is 36.1. The topological polar surface area (TPSA) is 152 Å². The van der Waals surface area contributed by atoms with Crippen LogP contribution in [0, 0.1) is 0 Å². The van der Waals surface area contributed by atoms with E-state index in [0.717, 1.165) is 0 Å². The molecule has 0 aliphatic heterocycles. The third-order valence-corrected chi connectivity index (χ3v) is 3.15. The van der Waals surface area contributed by atoms with Crippen molar-refractivity contribution in [2.24, 2.45) is 10.8 Å². The van der Waals surface area contributed by atoms with Gasteiger partial charge in [0.2, 0.25) is 11.6 Å². The number of rotatable bonds is 6. The number of carbonyl (C=O) groups is 3. The molecular weight excluding hydrogens is 368 g/mol. The predicted octanol–water partition coefficient (Wildman–Crippen LogP) is 0.394. The van der Waals surface area contributed by atoms with Crippen LogP contribution in [0.4, 0.5) is 4.79 Å². The lowest BCUT2D eigenvalue weighted by Gasteiger charge is -2.29. The quantitative estimate of drug-likeness (QED) is 0.179. The first-order valence-electron chi connectivity index (χ1n) is 8.55. The summed E-state index contributed by atoms with van der Waals surface area (Å²) in [6.45, 7) is 6.54. The average molecular weight is 394 g/mol. The maximum Gasteiger partial charge on any atom is 0.410 e. The van der Waals surface area contributed by atoms with E-state index in [2.05, 4.69) is 15.2 Å². The van der Waals surface area contributed by atoms with Crippen molar-refractivity contribution in [2.45, 2.75) is 45.4 Å². The second kappa shape index (κ2) is 9.70. The van der Waals surface area contributed by atoms with Gasteiger partial charge in [-0.1, -0.05) is 30.3 Å². The van der Waals surface area contributed by atoms with Gasteiger partial charge < -0.3 is 20.3 Å². The normalized spacial score (nSPS) is 13.8. The van der Waals surface area contributed by atoms with Crippen molar-refractivity contribution in [1.82, 2.24) is 10.7 Å². The molecule has 0 bridgehead atoms. The predicted molar refractivity (Wildman–Crippen MR) is 101 cm³/mol. The minimum Gasteiger partial charge on any atom is -0.460 e. The van der Waals surface area contributed by atoms with Crippen molar-refractivity contribution in [1.29, 1.82) is 0 Å². The van der Waals surface area contributed by atoms with E-state index in [-0.39, 0.29) is 13.0 Å². The van der Waals surface area contributed by atoms with E-state index in [1.54, 1.807) is 58.0 Å². The van der Waals surface area contributed by atoms with Crippen LogP contribution in [0.15, 0.2) is 35.4 Å². The summed E-state index contributed by atoms with van der Waals surface area (Å²) in [6, 6.07) is 8.49. The van der Waals surface area contributed by atoms with Crippen LogP contribution in [0.3, 0.4) is 0 Å². The summed E-state index contributed by atoms with van der Waals surface area (Å²) >= 11 is 0. The Morgan fingerprint density at radius 3 is 2.32 bits per heavy atom. The second-order valence-electron chi connectivity index (χ2n) is 6.81. The number of aliphatic hydroxyl groups is 1. The van der Waals surface area contributed by atoms with E-state index < -0.39 is 35.1 Å². The van der Waals surface area contributed by atoms with Gasteiger partial charge in [0.25, 0.3) is 5.91 Å². The zero-order valence-electron chi connectivity index (χ0n) is 16.3. The Morgan fingerprint density at radius 2 is 1.79 bits per heavy atom. The smallest absolute Gasteiger partial charge is 0.410 e. The van der Waals surface area contributed by atoms with Crippen LogP contribution in [0.5, 0.6) is 0 Å². The Morgan fingerprint density at radius 1 is 1.18 bits per heavy atom. The van der Waals surface area contributed by atoms with Gasteiger partial charge in [0, 0.05) is 6.42 Å². The number of ether oxygens (including phenoxy) is 2. The molecule has 1 aromatic carbocycles. The minimum atomic E-state index is -2.41. The molecule has 1 aromatic rings. The number of benzene rings is 1. The van der Waals surface area contributed by atoms with E-state index in [1.807, 2.05) is 5.43 Å². The minimum absolute atomic E-state index is 0.0706. The number of esters is 1. The van der Waals surface area contributed by atoms with E-state index in [4.69, 9.17) is 10.5 Å². The van der Waals surface area contributed by atoms with Crippen molar-refractivity contribution in [2.75, 3.05) is 6.61 Å². The molecule has 1 atom stereocenters. The zero-order chi connectivity index (χ0) is 21.4. The summed E-state index contributed by atoms with van der Waals surface area (Å²) in [5.41, 5.74) is 4.65. The van der Waals surface area contributed by atoms with Crippen LogP contribution in [0.25, 0.3) is 0 Å². The van der Waals surface area contributed by atoms with Gasteiger partial charge in [-0.25, -0.2) is 15.0 Å². The number of hydrazone groups is 1. The van der Waals surface area contributed by atoms with Crippen LogP contribution >= 0.6 is 0 Å². The molecule has 10 heteroatoms. The molecule has 0 saturated heterocycles. The SMILES string of the molecule is CCOC(=O)/C(N)=N\NC(=O)C(O)(Cc1ccccc1)NC(=O)OC(C)(C)C. The third-order valence-electron chi connectivity index (χ3n) is 3.15. The van der Waals surface area contributed by atoms with Crippen LogP contribution in [0.1, 0.15) is 33.3 Å². The number of nitrogens with one attached hydrogen (secondary N) is 2. The molecule has 0 aliphatic carbocycles. The van der Waals surface area contributed by atoms with Gasteiger partial charge in [0.05, 0.1) is 6.61 Å². The van der Waals surface area contributed by atoms with Gasteiger partial charge in [-0.2, -0.15) is 0 Å². The van der Waals surface area contributed by atoms with Crippen LogP contribution in [0.2, 0.25) is 0 Å². The summed E-state index contributed by atoms with van der Waals surface area (Å²) in [5.74, 6) is -2.67. The molecule has 0 fully saturated rings. The Kier molecular flexibility index (Phi) is 7.93. The molecule has 0 heterocycles. The molecule has 0 saturated carbocycles. The molecule has 10 nitrogen and oxygen atoms in total. The number of carbonyl (C=O) groups excluding carboxylic acids is 3. The summed E-state index contributed by atoms with van der Waals surface area (Å²) in [7, 11) is 0. The number of amides is 2. The van der Waals surface area contributed by atoms with Crippen molar-refractivity contribution < 1.29 is 29.0 Å². The van der Waals surface area contributed by atoms with Gasteiger partial charge >= 0.3 is 12.1 Å². The van der Waals surface area contributed by atoms with Crippen LogP contribution in [-0.2, 0) is 25.5 Å². The van der Waals surface area contributed by atoms with E-state index in [9.17, 15) is 19.5 Å². The first kappa shape index (κ1) is 22.9. The molecular formula is C18H26N4O6. The molecule has 1 rings (SSSR count). The third kappa shape index (κ3) is 7.62. The Hall–Kier alpha value is -3.14. The molecule has 5 N–H and O–H groups in total. The fourth-order valence-electron chi connectivity index (χ4n) is 2.00. The Balaban J connectivity index is 3.01. The Bertz CT molecular complexity index is 729. The number of amidine groups is 1. The lowest BCUT2D eigenvalue weighted by molar-refractivity contribution is -0.143. The number of alkyl carbamates (subject to hydrolysis) is 1. The maximum absolute atomic E-state index is 12.5. The van der Waals surface area contributed by atoms with Gasteiger partial charge in [0.15, 0.2) is 0 Å². The van der Waals surface area contributed by atoms with Crippen LogP contribution < -0.4 is 16.5 Å². The standard InChI is InChI=1S/C18H26N4O6/c1-5-27-14(23)13(19)21-22-15(24)18(26,11-12-9-7-6-8-10-12)20-16(25)28-17(2,3)4/h6-10,26H,5,11H2,1-4H3,(H2,19,21)(H,20,25)(H,22,24). The molecule has 154 valence electrons. The van der Waals surface area contributed by atoms with E-state index >= 15 is 0 Å². The highest BCUT2D eigenvalue weighted by Crippen LogP contribution is 2.14. The molecule has 0 aromatic heterocycles. The highest BCUT2D eigenvalue weighted by atomic mass is 16.6. The lowest BCUT2D eigenvalue weighted by atomic mass is 10.0. The highest BCUT2D eigenvalue weighted by molar-refractivity contribution is 6.34. The second-order valence-corrected chi connectivity index (χ2v) is 6.81. The van der Waals surface area contributed by atoms with Crippen molar-refractivity contribution in [3.63, 3.8) is 0 Å². The zero-order valence-corrected chi connectivity index (χ0v) is 16.3. The maximum atomic E-state index is 12.5. The van der Waals surface area contributed by atoms with Crippen molar-refractivity contribution in [3.8, 4) is 0 Å². The first-order valence-corrected chi connectivity index (χ1v) is 8.55. The number of hydrogen-bond acceptors (Lipinski definition) is 7. The fourth-order valence-corrected chi connectivity index (χ4v) is 2.00.